The Balaban J connectivity index is 3.76. The summed E-state index contributed by atoms with van der Waals surface area (Å²) < 4.78 is 5.49. The Morgan fingerprint density at radius 3 is 2.57 bits per heavy atom. The second-order valence-electron chi connectivity index (χ2n) is 3.36. The molecule has 0 rings (SSSR count). The van der Waals surface area contributed by atoms with Crippen LogP contribution < -0.4 is 0 Å². The molecule has 1 N–H and O–H groups in total. The Kier molecular flexibility index (Phi) is 8.65. The summed E-state index contributed by atoms with van der Waals surface area (Å²) in [5, 5.41) is 0. The molecule has 2 atom stereocenters. The van der Waals surface area contributed by atoms with Gasteiger partial charge in [0.15, 0.2) is 0 Å². The van der Waals surface area contributed by atoms with Gasteiger partial charge in [0, 0.05) is 5.75 Å². The molecule has 86 valence electrons. The van der Waals surface area contributed by atoms with E-state index in [1.54, 1.807) is 0 Å². The summed E-state index contributed by atoms with van der Waals surface area (Å²) in [5.74, 6) is 0.883. The summed E-state index contributed by atoms with van der Waals surface area (Å²) in [6.45, 7) is 6.20. The summed E-state index contributed by atoms with van der Waals surface area (Å²) >= 11 is 6.44. The Hall–Kier alpha value is 0.920. The van der Waals surface area contributed by atoms with Gasteiger partial charge in [-0.2, -0.15) is 0 Å². The minimum absolute atomic E-state index is 0.0927. The lowest BCUT2D eigenvalue weighted by atomic mass is 10.2. The highest BCUT2D eigenvalue weighted by atomic mass is 32.9. The van der Waals surface area contributed by atoms with Crippen molar-refractivity contribution in [3.05, 3.63) is 0 Å². The predicted octanol–water partition coefficient (Wildman–Crippen LogP) is 3.94. The SMILES string of the molecule is CCCCC(C)OP(O)(=S)SCCC. The van der Waals surface area contributed by atoms with Crippen LogP contribution in [0.4, 0.5) is 0 Å². The smallest absolute Gasteiger partial charge is 0.244 e. The zero-order valence-corrected chi connectivity index (χ0v) is 11.8. The highest BCUT2D eigenvalue weighted by Crippen LogP contribution is 2.57. The maximum Gasteiger partial charge on any atom is 0.244 e. The van der Waals surface area contributed by atoms with E-state index in [9.17, 15) is 4.89 Å². The third-order valence-electron chi connectivity index (χ3n) is 1.74. The molecule has 2 unspecified atom stereocenters. The van der Waals surface area contributed by atoms with Gasteiger partial charge in [0.2, 0.25) is 5.69 Å². The standard InChI is InChI=1S/C9H21O2PS2/c1-4-6-7-9(3)11-12(10,13)14-8-5-2/h9H,4-8H2,1-3H3,(H,10,13). The zero-order chi connectivity index (χ0) is 11.0. The first-order valence-electron chi connectivity index (χ1n) is 5.17. The average Bonchev–Trinajstić information content (AvgIpc) is 2.11. The summed E-state index contributed by atoms with van der Waals surface area (Å²) in [6, 6.07) is 0. The molecule has 0 aliphatic carbocycles. The molecule has 0 aromatic rings. The van der Waals surface area contributed by atoms with E-state index < -0.39 is 5.69 Å². The molecule has 0 aromatic heterocycles. The summed E-state index contributed by atoms with van der Waals surface area (Å²) in [6.07, 6.45) is 4.40. The van der Waals surface area contributed by atoms with E-state index in [2.05, 4.69) is 13.8 Å². The van der Waals surface area contributed by atoms with Gasteiger partial charge in [-0.1, -0.05) is 38.1 Å². The van der Waals surface area contributed by atoms with E-state index in [1.807, 2.05) is 6.92 Å². The fourth-order valence-corrected chi connectivity index (χ4v) is 5.02. The Morgan fingerprint density at radius 1 is 1.43 bits per heavy atom. The molecular weight excluding hydrogens is 235 g/mol. The Morgan fingerprint density at radius 2 is 2.07 bits per heavy atom. The van der Waals surface area contributed by atoms with Crippen molar-refractivity contribution < 1.29 is 9.42 Å². The van der Waals surface area contributed by atoms with Gasteiger partial charge in [-0.3, -0.25) is 0 Å². The van der Waals surface area contributed by atoms with Crippen molar-refractivity contribution in [1.82, 2.24) is 0 Å². The van der Waals surface area contributed by atoms with Crippen molar-refractivity contribution in [3.63, 3.8) is 0 Å². The lowest BCUT2D eigenvalue weighted by Crippen LogP contribution is -2.04. The largest absolute Gasteiger partial charge is 0.337 e. The van der Waals surface area contributed by atoms with E-state index in [1.165, 1.54) is 11.4 Å². The number of unbranched alkanes of at least 4 members (excludes halogenated alkanes) is 1. The molecular formula is C9H21O2PS2. The lowest BCUT2D eigenvalue weighted by Gasteiger charge is -2.19. The van der Waals surface area contributed by atoms with Crippen molar-refractivity contribution in [2.45, 2.75) is 52.6 Å². The molecule has 2 nitrogen and oxygen atoms in total. The quantitative estimate of drug-likeness (QED) is 0.666. The monoisotopic (exact) mass is 256 g/mol. The lowest BCUT2D eigenvalue weighted by molar-refractivity contribution is 0.214. The molecule has 0 aliphatic heterocycles. The van der Waals surface area contributed by atoms with Gasteiger partial charge in [0.25, 0.3) is 0 Å². The Bertz CT molecular complexity index is 188. The number of rotatable bonds is 8. The van der Waals surface area contributed by atoms with Crippen LogP contribution in [0.5, 0.6) is 0 Å². The first-order chi connectivity index (χ1) is 6.52. The molecule has 0 aromatic carbocycles. The molecule has 0 saturated carbocycles. The fraction of sp³-hybridized carbons (Fsp3) is 1.00. The van der Waals surface area contributed by atoms with Gasteiger partial charge < -0.3 is 9.42 Å². The van der Waals surface area contributed by atoms with Crippen LogP contribution >= 0.6 is 17.1 Å². The van der Waals surface area contributed by atoms with Gasteiger partial charge in [0.05, 0.1) is 6.10 Å². The summed E-state index contributed by atoms with van der Waals surface area (Å²) in [4.78, 5) is 9.78. The van der Waals surface area contributed by atoms with E-state index in [4.69, 9.17) is 16.3 Å². The topological polar surface area (TPSA) is 29.5 Å². The highest BCUT2D eigenvalue weighted by Gasteiger charge is 2.17. The zero-order valence-electron chi connectivity index (χ0n) is 9.23. The maximum absolute atomic E-state index is 9.78. The van der Waals surface area contributed by atoms with Gasteiger partial charge in [-0.05, 0) is 31.6 Å². The highest BCUT2D eigenvalue weighted by molar-refractivity contribution is 8.67. The van der Waals surface area contributed by atoms with Crippen LogP contribution in [0.25, 0.3) is 0 Å². The van der Waals surface area contributed by atoms with E-state index in [0.717, 1.165) is 31.4 Å². The number of hydrogen-bond acceptors (Lipinski definition) is 3. The van der Waals surface area contributed by atoms with Crippen molar-refractivity contribution in [1.29, 1.82) is 0 Å². The van der Waals surface area contributed by atoms with Crippen LogP contribution in [-0.4, -0.2) is 16.8 Å². The fourth-order valence-electron chi connectivity index (χ4n) is 1.01. The van der Waals surface area contributed by atoms with Crippen LogP contribution in [0.3, 0.4) is 0 Å². The van der Waals surface area contributed by atoms with Crippen LogP contribution in [0.2, 0.25) is 0 Å². The molecule has 0 bridgehead atoms. The molecule has 0 radical (unpaired) electrons. The first kappa shape index (κ1) is 14.9. The van der Waals surface area contributed by atoms with Crippen molar-refractivity contribution in [3.8, 4) is 0 Å². The van der Waals surface area contributed by atoms with Gasteiger partial charge >= 0.3 is 0 Å². The molecule has 0 aliphatic rings. The van der Waals surface area contributed by atoms with Crippen molar-refractivity contribution in [2.75, 3.05) is 5.75 Å². The van der Waals surface area contributed by atoms with E-state index in [-0.39, 0.29) is 6.10 Å². The van der Waals surface area contributed by atoms with Gasteiger partial charge in [-0.15, -0.1) is 0 Å². The van der Waals surface area contributed by atoms with Crippen molar-refractivity contribution >= 4 is 28.9 Å². The third kappa shape index (κ3) is 8.25. The molecule has 0 fully saturated rings. The summed E-state index contributed by atoms with van der Waals surface area (Å²) in [5.41, 5.74) is -2.56. The average molecular weight is 256 g/mol. The van der Waals surface area contributed by atoms with Crippen molar-refractivity contribution in [2.24, 2.45) is 0 Å². The summed E-state index contributed by atoms with van der Waals surface area (Å²) in [7, 11) is 0. The first-order valence-corrected chi connectivity index (χ1v) is 9.44. The molecule has 0 amide bonds. The molecule has 0 spiro atoms. The minimum atomic E-state index is -2.56. The van der Waals surface area contributed by atoms with Crippen LogP contribution in [0.1, 0.15) is 46.5 Å². The Labute approximate surface area is 96.7 Å². The number of hydrogen-bond donors (Lipinski definition) is 1. The van der Waals surface area contributed by atoms with E-state index in [0.29, 0.717) is 0 Å². The van der Waals surface area contributed by atoms with Crippen LogP contribution in [0.15, 0.2) is 0 Å². The molecule has 0 heterocycles. The second kappa shape index (κ2) is 8.12. The molecule has 0 saturated heterocycles. The second-order valence-corrected chi connectivity index (χ2v) is 9.61. The van der Waals surface area contributed by atoms with Gasteiger partial charge in [-0.25, -0.2) is 0 Å². The molecule has 14 heavy (non-hydrogen) atoms. The normalized spacial score (nSPS) is 17.7. The van der Waals surface area contributed by atoms with E-state index >= 15 is 0 Å². The molecule has 5 heteroatoms. The van der Waals surface area contributed by atoms with Gasteiger partial charge in [0.1, 0.15) is 0 Å². The van der Waals surface area contributed by atoms with Crippen LogP contribution in [0, 0.1) is 0 Å². The third-order valence-corrected chi connectivity index (χ3v) is 6.27. The maximum atomic E-state index is 9.78. The predicted molar refractivity (Wildman–Crippen MR) is 69.3 cm³/mol. The van der Waals surface area contributed by atoms with Crippen LogP contribution in [-0.2, 0) is 16.3 Å². The minimum Gasteiger partial charge on any atom is -0.337 e.